The molecule has 1 aliphatic rings. The van der Waals surface area contributed by atoms with E-state index in [9.17, 15) is 13.2 Å². The Kier molecular flexibility index (Phi) is 3.45. The molecule has 0 saturated carbocycles. The van der Waals surface area contributed by atoms with Crippen LogP contribution in [-0.4, -0.2) is 7.11 Å². The molecule has 0 unspecified atom stereocenters. The molecule has 0 atom stereocenters. The fourth-order valence-electron chi connectivity index (χ4n) is 2.29. The summed E-state index contributed by atoms with van der Waals surface area (Å²) in [6, 6.07) is 11.4. The predicted octanol–water partition coefficient (Wildman–Crippen LogP) is 5.21. The van der Waals surface area contributed by atoms with E-state index in [-0.39, 0.29) is 0 Å². The Morgan fingerprint density at radius 3 is 2.43 bits per heavy atom. The molecule has 0 spiro atoms. The SMILES string of the molecule is COC=C1c2ccccc2Sc2ccc(C(F)(F)F)cc21. The maximum absolute atomic E-state index is 12.9. The molecule has 5 heteroatoms. The number of methoxy groups -OCH3 is 1. The van der Waals surface area contributed by atoms with Crippen LogP contribution in [-0.2, 0) is 10.9 Å². The number of hydrogen-bond donors (Lipinski definition) is 0. The first-order valence-corrected chi connectivity index (χ1v) is 7.04. The van der Waals surface area contributed by atoms with Crippen molar-refractivity contribution in [3.63, 3.8) is 0 Å². The van der Waals surface area contributed by atoms with E-state index in [2.05, 4.69) is 0 Å². The van der Waals surface area contributed by atoms with E-state index in [0.717, 1.165) is 21.4 Å². The highest BCUT2D eigenvalue weighted by Crippen LogP contribution is 2.46. The highest BCUT2D eigenvalue weighted by atomic mass is 32.2. The lowest BCUT2D eigenvalue weighted by Crippen LogP contribution is -2.07. The number of alkyl halides is 3. The normalized spacial score (nSPS) is 15.5. The van der Waals surface area contributed by atoms with Crippen molar-refractivity contribution in [2.45, 2.75) is 16.0 Å². The van der Waals surface area contributed by atoms with Gasteiger partial charge in [-0.1, -0.05) is 30.0 Å². The molecule has 21 heavy (non-hydrogen) atoms. The van der Waals surface area contributed by atoms with Gasteiger partial charge >= 0.3 is 6.18 Å². The molecular weight excluding hydrogens is 297 g/mol. The number of fused-ring (bicyclic) bond motifs is 2. The van der Waals surface area contributed by atoms with E-state index in [1.54, 1.807) is 0 Å². The molecule has 1 nitrogen and oxygen atoms in total. The van der Waals surface area contributed by atoms with Crippen LogP contribution in [0.25, 0.3) is 5.57 Å². The average Bonchev–Trinajstić information content (AvgIpc) is 2.45. The summed E-state index contributed by atoms with van der Waals surface area (Å²) in [6.45, 7) is 0. The molecule has 108 valence electrons. The van der Waals surface area contributed by atoms with Crippen molar-refractivity contribution < 1.29 is 17.9 Å². The van der Waals surface area contributed by atoms with Crippen molar-refractivity contribution in [3.05, 3.63) is 65.4 Å². The highest BCUT2D eigenvalue weighted by molar-refractivity contribution is 7.99. The minimum absolute atomic E-state index is 0.551. The molecule has 0 aliphatic carbocycles. The second-order valence-corrected chi connectivity index (χ2v) is 5.66. The van der Waals surface area contributed by atoms with E-state index >= 15 is 0 Å². The molecule has 1 aliphatic heterocycles. The maximum atomic E-state index is 12.9. The third kappa shape index (κ3) is 2.53. The van der Waals surface area contributed by atoms with E-state index in [0.29, 0.717) is 11.1 Å². The average molecular weight is 308 g/mol. The standard InChI is InChI=1S/C16H11F3OS/c1-20-9-13-11-4-2-3-5-14(11)21-15-7-6-10(8-12(13)15)16(17,18)19/h2-9H,1H3. The summed E-state index contributed by atoms with van der Waals surface area (Å²) in [5, 5.41) is 0. The topological polar surface area (TPSA) is 9.23 Å². The van der Waals surface area contributed by atoms with E-state index in [4.69, 9.17) is 4.74 Å². The van der Waals surface area contributed by atoms with Gasteiger partial charge in [0, 0.05) is 15.4 Å². The highest BCUT2D eigenvalue weighted by Gasteiger charge is 2.32. The van der Waals surface area contributed by atoms with Gasteiger partial charge in [-0.05, 0) is 35.4 Å². The lowest BCUT2D eigenvalue weighted by molar-refractivity contribution is -0.137. The summed E-state index contributed by atoms with van der Waals surface area (Å²) in [5.74, 6) is 0. The summed E-state index contributed by atoms with van der Waals surface area (Å²) >= 11 is 1.47. The number of hydrogen-bond acceptors (Lipinski definition) is 2. The molecule has 0 radical (unpaired) electrons. The van der Waals surface area contributed by atoms with Gasteiger partial charge in [-0.15, -0.1) is 0 Å². The van der Waals surface area contributed by atoms with Gasteiger partial charge in [-0.2, -0.15) is 13.2 Å². The molecular formula is C16H11F3OS. The minimum Gasteiger partial charge on any atom is -0.504 e. The van der Waals surface area contributed by atoms with Gasteiger partial charge < -0.3 is 4.74 Å². The van der Waals surface area contributed by atoms with Crippen molar-refractivity contribution in [1.29, 1.82) is 0 Å². The van der Waals surface area contributed by atoms with Crippen LogP contribution < -0.4 is 0 Å². The van der Waals surface area contributed by atoms with E-state index < -0.39 is 11.7 Å². The van der Waals surface area contributed by atoms with Crippen LogP contribution in [0.5, 0.6) is 0 Å². The van der Waals surface area contributed by atoms with Crippen LogP contribution in [0.2, 0.25) is 0 Å². The molecule has 0 N–H and O–H groups in total. The second kappa shape index (κ2) is 5.15. The van der Waals surface area contributed by atoms with Crippen molar-refractivity contribution in [2.75, 3.05) is 7.11 Å². The first-order valence-electron chi connectivity index (χ1n) is 6.22. The number of ether oxygens (including phenoxy) is 1. The minimum atomic E-state index is -4.35. The van der Waals surface area contributed by atoms with Gasteiger partial charge in [-0.3, -0.25) is 0 Å². The van der Waals surface area contributed by atoms with Crippen LogP contribution in [0.1, 0.15) is 16.7 Å². The summed E-state index contributed by atoms with van der Waals surface area (Å²) in [7, 11) is 1.49. The summed E-state index contributed by atoms with van der Waals surface area (Å²) in [5.41, 5.74) is 1.46. The first-order chi connectivity index (χ1) is 10.0. The van der Waals surface area contributed by atoms with Gasteiger partial charge in [-0.25, -0.2) is 0 Å². The molecule has 3 rings (SSSR count). The van der Waals surface area contributed by atoms with Gasteiger partial charge in [0.15, 0.2) is 0 Å². The molecule has 0 bridgehead atoms. The number of rotatable bonds is 1. The Bertz CT molecular complexity index is 720. The van der Waals surface area contributed by atoms with Gasteiger partial charge in [0.05, 0.1) is 18.9 Å². The molecule has 1 heterocycles. The largest absolute Gasteiger partial charge is 0.504 e. The molecule has 0 amide bonds. The lowest BCUT2D eigenvalue weighted by Gasteiger charge is -2.22. The summed E-state index contributed by atoms with van der Waals surface area (Å²) in [6.07, 6.45) is -2.85. The molecule has 0 saturated heterocycles. The number of halogens is 3. The van der Waals surface area contributed by atoms with Crippen molar-refractivity contribution in [2.24, 2.45) is 0 Å². The van der Waals surface area contributed by atoms with Gasteiger partial charge in [0.25, 0.3) is 0 Å². The van der Waals surface area contributed by atoms with Crippen LogP contribution in [0, 0.1) is 0 Å². The zero-order valence-corrected chi connectivity index (χ0v) is 11.9. The first kappa shape index (κ1) is 14.1. The summed E-state index contributed by atoms with van der Waals surface area (Å²) in [4.78, 5) is 1.80. The van der Waals surface area contributed by atoms with Crippen molar-refractivity contribution >= 4 is 17.3 Å². The Balaban J connectivity index is 2.20. The smallest absolute Gasteiger partial charge is 0.416 e. The maximum Gasteiger partial charge on any atom is 0.416 e. The van der Waals surface area contributed by atoms with Crippen LogP contribution in [0.3, 0.4) is 0 Å². The monoisotopic (exact) mass is 308 g/mol. The molecule has 2 aromatic rings. The van der Waals surface area contributed by atoms with E-state index in [1.807, 2.05) is 24.3 Å². The molecule has 0 fully saturated rings. The quantitative estimate of drug-likeness (QED) is 0.571. The fourth-order valence-corrected chi connectivity index (χ4v) is 3.38. The van der Waals surface area contributed by atoms with Crippen LogP contribution >= 0.6 is 11.8 Å². The summed E-state index contributed by atoms with van der Waals surface area (Å²) < 4.78 is 43.8. The van der Waals surface area contributed by atoms with Crippen molar-refractivity contribution in [3.8, 4) is 0 Å². The predicted molar refractivity (Wildman–Crippen MR) is 76.1 cm³/mol. The lowest BCUT2D eigenvalue weighted by atomic mass is 9.96. The molecule has 0 aromatic heterocycles. The van der Waals surface area contributed by atoms with Crippen LogP contribution in [0.15, 0.2) is 58.5 Å². The molecule has 2 aromatic carbocycles. The van der Waals surface area contributed by atoms with E-state index in [1.165, 1.54) is 37.3 Å². The fraction of sp³-hybridized carbons (Fsp3) is 0.125. The zero-order chi connectivity index (χ0) is 15.0. The van der Waals surface area contributed by atoms with Gasteiger partial charge in [0.1, 0.15) is 0 Å². The Morgan fingerprint density at radius 2 is 1.71 bits per heavy atom. The Morgan fingerprint density at radius 1 is 1.00 bits per heavy atom. The number of benzene rings is 2. The third-order valence-corrected chi connectivity index (χ3v) is 4.38. The Labute approximate surface area is 124 Å². The second-order valence-electron chi connectivity index (χ2n) is 4.57. The third-order valence-electron chi connectivity index (χ3n) is 3.23. The van der Waals surface area contributed by atoms with Gasteiger partial charge in [0.2, 0.25) is 0 Å². The Hall–Kier alpha value is -1.88. The van der Waals surface area contributed by atoms with Crippen molar-refractivity contribution in [1.82, 2.24) is 0 Å². The zero-order valence-electron chi connectivity index (χ0n) is 11.1. The van der Waals surface area contributed by atoms with Crippen LogP contribution in [0.4, 0.5) is 13.2 Å².